The highest BCUT2D eigenvalue weighted by atomic mass is 31.2. The van der Waals surface area contributed by atoms with Crippen LogP contribution in [-0.4, -0.2) is 64.3 Å². The van der Waals surface area contributed by atoms with Gasteiger partial charge in [0.25, 0.3) is 7.82 Å². The van der Waals surface area contributed by atoms with Crippen LogP contribution in [-0.2, 0) is 18.3 Å². The second kappa shape index (κ2) is 25.0. The van der Waals surface area contributed by atoms with Crippen LogP contribution in [0.4, 0.5) is 0 Å². The fourth-order valence-electron chi connectivity index (χ4n) is 6.64. The van der Waals surface area contributed by atoms with Gasteiger partial charge in [-0.3, -0.25) is 9.09 Å². The van der Waals surface area contributed by atoms with E-state index in [9.17, 15) is 29.9 Å². The molecule has 0 aromatic heterocycles. The molecule has 1 aliphatic rings. The maximum Gasteiger partial charge on any atom is 0.270 e. The third-order valence-corrected chi connectivity index (χ3v) is 11.0. The number of aliphatic hydroxyl groups excluding tert-OH is 4. The first-order valence-electron chi connectivity index (χ1n) is 18.7. The number of unbranched alkanes of at least 4 members (excludes halogenated alkanes) is 2. The lowest BCUT2D eigenvalue weighted by Crippen LogP contribution is -2.59. The zero-order valence-corrected chi connectivity index (χ0v) is 31.1. The molecule has 0 aliphatic carbocycles. The molecular formula is C36H72O9P-. The van der Waals surface area contributed by atoms with Crippen molar-refractivity contribution in [1.29, 1.82) is 0 Å². The standard InChI is InChI=1S/C36H73O9P/c1-7-8-9-15-27(2)16-10-17-28(3)18-11-19-29(4)20-12-21-30(5)22-13-23-31(6)24-14-25-43-46(41,42)45-36-35(40)34(39)33(38)32(26-37)44-36/h27-40H,7-26H2,1-6H3,(H,41,42)/p-1/t27?,28?,29?,30?,31?,32-,33-,34+,35+,36+/m1/s1. The van der Waals surface area contributed by atoms with Gasteiger partial charge in [-0.15, -0.1) is 0 Å². The highest BCUT2D eigenvalue weighted by molar-refractivity contribution is 7.45. The molecule has 4 N–H and O–H groups in total. The summed E-state index contributed by atoms with van der Waals surface area (Å²) in [5.41, 5.74) is 0. The molecule has 6 unspecified atom stereocenters. The van der Waals surface area contributed by atoms with Crippen molar-refractivity contribution >= 4 is 7.82 Å². The quantitative estimate of drug-likeness (QED) is 0.0487. The highest BCUT2D eigenvalue weighted by Crippen LogP contribution is 2.42. The van der Waals surface area contributed by atoms with Gasteiger partial charge in [0, 0.05) is 0 Å². The van der Waals surface area contributed by atoms with Crippen molar-refractivity contribution in [2.24, 2.45) is 29.6 Å². The maximum absolute atomic E-state index is 12.2. The van der Waals surface area contributed by atoms with Crippen LogP contribution >= 0.6 is 7.82 Å². The average molecular weight is 680 g/mol. The molecular weight excluding hydrogens is 607 g/mol. The minimum atomic E-state index is -4.83. The Hall–Kier alpha value is -0.0900. The molecule has 0 aromatic rings. The zero-order chi connectivity index (χ0) is 34.5. The summed E-state index contributed by atoms with van der Waals surface area (Å²) in [5.74, 6) is 3.73. The van der Waals surface area contributed by atoms with Gasteiger partial charge in [-0.25, -0.2) is 0 Å². The fraction of sp³-hybridized carbons (Fsp3) is 1.00. The third-order valence-electron chi connectivity index (χ3n) is 10.0. The van der Waals surface area contributed by atoms with Gasteiger partial charge >= 0.3 is 0 Å². The van der Waals surface area contributed by atoms with Crippen LogP contribution in [0.3, 0.4) is 0 Å². The van der Waals surface area contributed by atoms with Gasteiger partial charge in [-0.2, -0.15) is 0 Å². The molecule has 0 radical (unpaired) electrons. The molecule has 0 aromatic carbocycles. The fourth-order valence-corrected chi connectivity index (χ4v) is 7.49. The van der Waals surface area contributed by atoms with E-state index in [0.717, 1.165) is 42.9 Å². The Morgan fingerprint density at radius 3 is 1.41 bits per heavy atom. The predicted molar refractivity (Wildman–Crippen MR) is 183 cm³/mol. The molecule has 10 heteroatoms. The number of hydrogen-bond acceptors (Lipinski definition) is 9. The Bertz CT molecular complexity index is 785. The molecule has 1 saturated heterocycles. The maximum atomic E-state index is 12.2. The minimum Gasteiger partial charge on any atom is -0.756 e. The summed E-state index contributed by atoms with van der Waals surface area (Å²) in [4.78, 5) is 12.2. The highest BCUT2D eigenvalue weighted by Gasteiger charge is 2.45. The van der Waals surface area contributed by atoms with Crippen LogP contribution in [0.25, 0.3) is 0 Å². The Morgan fingerprint density at radius 1 is 0.630 bits per heavy atom. The smallest absolute Gasteiger partial charge is 0.270 e. The van der Waals surface area contributed by atoms with Crippen molar-refractivity contribution in [2.75, 3.05) is 13.2 Å². The molecule has 0 amide bonds. The molecule has 1 aliphatic heterocycles. The van der Waals surface area contributed by atoms with E-state index in [4.69, 9.17) is 13.8 Å². The molecule has 1 fully saturated rings. The van der Waals surface area contributed by atoms with E-state index in [1.54, 1.807) is 0 Å². The van der Waals surface area contributed by atoms with Crippen LogP contribution in [0, 0.1) is 29.6 Å². The summed E-state index contributed by atoms with van der Waals surface area (Å²) in [6.07, 6.45) is 14.4. The van der Waals surface area contributed by atoms with Crippen LogP contribution in [0.1, 0.15) is 157 Å². The van der Waals surface area contributed by atoms with Gasteiger partial charge in [-0.1, -0.05) is 144 Å². The first-order valence-corrected chi connectivity index (χ1v) is 20.2. The third kappa shape index (κ3) is 19.8. The van der Waals surface area contributed by atoms with E-state index >= 15 is 0 Å². The summed E-state index contributed by atoms with van der Waals surface area (Å²) in [6, 6.07) is 0. The van der Waals surface area contributed by atoms with Gasteiger partial charge in [0.2, 0.25) is 0 Å². The molecule has 0 bridgehead atoms. The summed E-state index contributed by atoms with van der Waals surface area (Å²) in [7, 11) is -4.83. The lowest BCUT2D eigenvalue weighted by molar-refractivity contribution is -0.304. The van der Waals surface area contributed by atoms with Crippen LogP contribution < -0.4 is 4.89 Å². The molecule has 0 spiro atoms. The van der Waals surface area contributed by atoms with Crippen molar-refractivity contribution in [3.63, 3.8) is 0 Å². The molecule has 276 valence electrons. The molecule has 9 nitrogen and oxygen atoms in total. The predicted octanol–water partition coefficient (Wildman–Crippen LogP) is 7.51. The molecule has 1 heterocycles. The van der Waals surface area contributed by atoms with Crippen molar-refractivity contribution in [3.05, 3.63) is 0 Å². The zero-order valence-electron chi connectivity index (χ0n) is 30.2. The first kappa shape index (κ1) is 43.9. The lowest BCUT2D eigenvalue weighted by atomic mass is 9.89. The Morgan fingerprint density at radius 2 is 1.02 bits per heavy atom. The van der Waals surface area contributed by atoms with Gasteiger partial charge in [-0.05, 0) is 42.4 Å². The SMILES string of the molecule is CCCCCC(C)CCCC(C)CCCC(C)CCCC(C)CCCC(C)CCCOP(=O)([O-])O[C@@H]1O[C@H](CO)[C@@H](O)[C@H](O)[C@@H]1O. The van der Waals surface area contributed by atoms with Gasteiger partial charge in [0.1, 0.15) is 24.4 Å². The van der Waals surface area contributed by atoms with E-state index in [2.05, 4.69) is 41.5 Å². The minimum absolute atomic E-state index is 0.0610. The number of phosphoric acid groups is 1. The number of ether oxygens (including phenoxy) is 1. The van der Waals surface area contributed by atoms with Gasteiger partial charge < -0.3 is 34.6 Å². The average Bonchev–Trinajstić information content (AvgIpc) is 2.99. The molecule has 46 heavy (non-hydrogen) atoms. The Balaban J connectivity index is 2.08. The van der Waals surface area contributed by atoms with Gasteiger partial charge in [0.15, 0.2) is 6.29 Å². The number of phosphoric ester groups is 1. The second-order valence-electron chi connectivity index (χ2n) is 15.0. The number of rotatable bonds is 28. The summed E-state index contributed by atoms with van der Waals surface area (Å²) >= 11 is 0. The van der Waals surface area contributed by atoms with Gasteiger partial charge in [0.05, 0.1) is 13.2 Å². The van der Waals surface area contributed by atoms with Crippen molar-refractivity contribution in [3.8, 4) is 0 Å². The van der Waals surface area contributed by atoms with E-state index in [0.29, 0.717) is 12.3 Å². The van der Waals surface area contributed by atoms with E-state index in [-0.39, 0.29) is 6.61 Å². The van der Waals surface area contributed by atoms with E-state index in [1.807, 2.05) is 0 Å². The molecule has 11 atom stereocenters. The van der Waals surface area contributed by atoms with Crippen LogP contribution in [0.15, 0.2) is 0 Å². The second-order valence-corrected chi connectivity index (χ2v) is 16.3. The summed E-state index contributed by atoms with van der Waals surface area (Å²) in [5, 5.41) is 38.8. The summed E-state index contributed by atoms with van der Waals surface area (Å²) in [6.45, 7) is 13.4. The van der Waals surface area contributed by atoms with Crippen LogP contribution in [0.2, 0.25) is 0 Å². The largest absolute Gasteiger partial charge is 0.756 e. The first-order chi connectivity index (χ1) is 21.8. The van der Waals surface area contributed by atoms with E-state index in [1.165, 1.54) is 89.9 Å². The monoisotopic (exact) mass is 679 g/mol. The number of aliphatic hydroxyl groups is 4. The number of hydrogen-bond donors (Lipinski definition) is 4. The molecule has 1 rings (SSSR count). The molecule has 0 saturated carbocycles. The van der Waals surface area contributed by atoms with Crippen molar-refractivity contribution in [2.45, 2.75) is 188 Å². The lowest BCUT2D eigenvalue weighted by Gasteiger charge is -2.41. The normalized spacial score (nSPS) is 26.7. The van der Waals surface area contributed by atoms with E-state index < -0.39 is 45.1 Å². The Kier molecular flexibility index (Phi) is 23.8. The van der Waals surface area contributed by atoms with Crippen LogP contribution in [0.5, 0.6) is 0 Å². The topological polar surface area (TPSA) is 149 Å². The Labute approximate surface area is 281 Å². The van der Waals surface area contributed by atoms with Crippen molar-refractivity contribution in [1.82, 2.24) is 0 Å². The van der Waals surface area contributed by atoms with Crippen molar-refractivity contribution < 1.29 is 43.7 Å². The summed E-state index contributed by atoms with van der Waals surface area (Å²) < 4.78 is 27.0.